The molecular weight excluding hydrogens is 236 g/mol. The zero-order chi connectivity index (χ0) is 13.8. The van der Waals surface area contributed by atoms with Gasteiger partial charge in [0.2, 0.25) is 0 Å². The van der Waals surface area contributed by atoms with Crippen molar-refractivity contribution in [3.8, 4) is 11.3 Å². The van der Waals surface area contributed by atoms with E-state index in [0.717, 1.165) is 41.2 Å². The Bertz CT molecular complexity index is 578. The maximum atomic E-state index is 4.38. The van der Waals surface area contributed by atoms with E-state index in [1.165, 1.54) is 5.56 Å². The average molecular weight is 256 g/mol. The summed E-state index contributed by atoms with van der Waals surface area (Å²) < 4.78 is 0. The fourth-order valence-electron chi connectivity index (χ4n) is 2.01. The molecule has 100 valence electrons. The van der Waals surface area contributed by atoms with Gasteiger partial charge in [-0.15, -0.1) is 10.2 Å². The third kappa shape index (κ3) is 2.72. The second-order valence-electron chi connectivity index (χ2n) is 4.76. The van der Waals surface area contributed by atoms with E-state index < -0.39 is 0 Å². The van der Waals surface area contributed by atoms with Gasteiger partial charge < -0.3 is 5.32 Å². The lowest BCUT2D eigenvalue weighted by Crippen LogP contribution is -2.07. The van der Waals surface area contributed by atoms with Crippen molar-refractivity contribution in [1.82, 2.24) is 15.2 Å². The van der Waals surface area contributed by atoms with Crippen LogP contribution in [0.4, 0.5) is 5.82 Å². The monoisotopic (exact) mass is 256 g/mol. The summed E-state index contributed by atoms with van der Waals surface area (Å²) in [6.45, 7) is 9.28. The predicted octanol–water partition coefficient (Wildman–Crippen LogP) is 3.29. The quantitative estimate of drug-likeness (QED) is 0.912. The Morgan fingerprint density at radius 3 is 2.58 bits per heavy atom. The second kappa shape index (κ2) is 5.78. The van der Waals surface area contributed by atoms with Crippen molar-refractivity contribution in [3.05, 3.63) is 35.2 Å². The van der Waals surface area contributed by atoms with Gasteiger partial charge in [-0.05, 0) is 49.9 Å². The highest BCUT2D eigenvalue weighted by molar-refractivity contribution is 5.68. The van der Waals surface area contributed by atoms with Gasteiger partial charge in [-0.1, -0.05) is 6.92 Å². The number of pyridine rings is 1. The van der Waals surface area contributed by atoms with Gasteiger partial charge in [0.15, 0.2) is 5.82 Å². The predicted molar refractivity (Wildman–Crippen MR) is 78.3 cm³/mol. The number of nitrogens with zero attached hydrogens (tertiary/aromatic N) is 3. The van der Waals surface area contributed by atoms with Crippen molar-refractivity contribution in [2.45, 2.75) is 34.1 Å². The summed E-state index contributed by atoms with van der Waals surface area (Å²) in [4.78, 5) is 4.12. The van der Waals surface area contributed by atoms with Gasteiger partial charge in [0.1, 0.15) is 0 Å². The molecule has 0 fully saturated rings. The molecule has 2 aromatic rings. The number of anilines is 1. The standard InChI is InChI=1S/C15H20N4/c1-5-7-17-15-12(4)11(3)14(18-19-15)13-6-8-16-9-10(13)2/h6,8-9H,5,7H2,1-4H3,(H,17,19). The van der Waals surface area contributed by atoms with E-state index in [9.17, 15) is 0 Å². The molecule has 0 unspecified atom stereocenters. The minimum absolute atomic E-state index is 0.884. The molecule has 0 saturated heterocycles. The smallest absolute Gasteiger partial charge is 0.151 e. The van der Waals surface area contributed by atoms with Crippen LogP contribution in [0.15, 0.2) is 18.5 Å². The molecule has 0 aliphatic carbocycles. The van der Waals surface area contributed by atoms with Gasteiger partial charge >= 0.3 is 0 Å². The van der Waals surface area contributed by atoms with Gasteiger partial charge in [-0.25, -0.2) is 0 Å². The highest BCUT2D eigenvalue weighted by Gasteiger charge is 2.12. The second-order valence-corrected chi connectivity index (χ2v) is 4.76. The number of aryl methyl sites for hydroxylation is 1. The molecule has 0 aliphatic heterocycles. The van der Waals surface area contributed by atoms with Gasteiger partial charge in [0.05, 0.1) is 5.69 Å². The van der Waals surface area contributed by atoms with E-state index in [0.29, 0.717) is 0 Å². The normalized spacial score (nSPS) is 10.5. The number of nitrogens with one attached hydrogen (secondary N) is 1. The van der Waals surface area contributed by atoms with Crippen molar-refractivity contribution in [2.75, 3.05) is 11.9 Å². The summed E-state index contributed by atoms with van der Waals surface area (Å²) in [6, 6.07) is 1.99. The largest absolute Gasteiger partial charge is 0.368 e. The zero-order valence-electron chi connectivity index (χ0n) is 12.0. The van der Waals surface area contributed by atoms with Crippen molar-refractivity contribution in [2.24, 2.45) is 0 Å². The Morgan fingerprint density at radius 2 is 1.89 bits per heavy atom. The van der Waals surface area contributed by atoms with Crippen LogP contribution in [0, 0.1) is 20.8 Å². The first-order chi connectivity index (χ1) is 9.15. The van der Waals surface area contributed by atoms with Crippen molar-refractivity contribution in [1.29, 1.82) is 0 Å². The molecule has 4 nitrogen and oxygen atoms in total. The van der Waals surface area contributed by atoms with Crippen LogP contribution in [-0.2, 0) is 0 Å². The molecule has 2 rings (SSSR count). The van der Waals surface area contributed by atoms with E-state index in [4.69, 9.17) is 0 Å². The topological polar surface area (TPSA) is 50.7 Å². The molecule has 0 amide bonds. The molecule has 0 radical (unpaired) electrons. The Hall–Kier alpha value is -1.97. The summed E-state index contributed by atoms with van der Waals surface area (Å²) >= 11 is 0. The molecule has 4 heteroatoms. The van der Waals surface area contributed by atoms with Crippen LogP contribution in [0.1, 0.15) is 30.0 Å². The van der Waals surface area contributed by atoms with Crippen LogP contribution in [0.25, 0.3) is 11.3 Å². The fraction of sp³-hybridized carbons (Fsp3) is 0.400. The summed E-state index contributed by atoms with van der Waals surface area (Å²) in [5.74, 6) is 0.884. The summed E-state index contributed by atoms with van der Waals surface area (Å²) in [7, 11) is 0. The van der Waals surface area contributed by atoms with Gasteiger partial charge in [-0.3, -0.25) is 4.98 Å². The van der Waals surface area contributed by atoms with Gasteiger partial charge in [0.25, 0.3) is 0 Å². The zero-order valence-corrected chi connectivity index (χ0v) is 12.0. The van der Waals surface area contributed by atoms with Crippen LogP contribution >= 0.6 is 0 Å². The van der Waals surface area contributed by atoms with Crippen molar-refractivity contribution in [3.63, 3.8) is 0 Å². The molecule has 1 N–H and O–H groups in total. The number of aromatic nitrogens is 3. The molecule has 0 aromatic carbocycles. The molecular formula is C15H20N4. The molecule has 0 saturated carbocycles. The Balaban J connectivity index is 2.44. The summed E-state index contributed by atoms with van der Waals surface area (Å²) in [5, 5.41) is 12.0. The van der Waals surface area contributed by atoms with Crippen LogP contribution in [0.5, 0.6) is 0 Å². The Morgan fingerprint density at radius 1 is 1.11 bits per heavy atom. The minimum atomic E-state index is 0.884. The maximum Gasteiger partial charge on any atom is 0.151 e. The van der Waals surface area contributed by atoms with Crippen LogP contribution < -0.4 is 5.32 Å². The Kier molecular flexibility index (Phi) is 4.10. The lowest BCUT2D eigenvalue weighted by atomic mass is 10.0. The van der Waals surface area contributed by atoms with E-state index in [-0.39, 0.29) is 0 Å². The van der Waals surface area contributed by atoms with Crippen molar-refractivity contribution >= 4 is 5.82 Å². The van der Waals surface area contributed by atoms with E-state index in [1.54, 1.807) is 6.20 Å². The summed E-state index contributed by atoms with van der Waals surface area (Å²) in [6.07, 6.45) is 4.72. The van der Waals surface area contributed by atoms with Crippen LogP contribution in [0.3, 0.4) is 0 Å². The first kappa shape index (κ1) is 13.5. The fourth-order valence-corrected chi connectivity index (χ4v) is 2.01. The highest BCUT2D eigenvalue weighted by atomic mass is 15.2. The SMILES string of the molecule is CCCNc1nnc(-c2ccncc2C)c(C)c1C. The average Bonchev–Trinajstić information content (AvgIpc) is 2.42. The molecule has 2 heterocycles. The number of rotatable bonds is 4. The van der Waals surface area contributed by atoms with E-state index in [1.807, 2.05) is 19.2 Å². The first-order valence-corrected chi connectivity index (χ1v) is 6.63. The van der Waals surface area contributed by atoms with Crippen LogP contribution in [-0.4, -0.2) is 21.7 Å². The van der Waals surface area contributed by atoms with E-state index in [2.05, 4.69) is 41.3 Å². The molecule has 19 heavy (non-hydrogen) atoms. The molecule has 2 aromatic heterocycles. The third-order valence-electron chi connectivity index (χ3n) is 3.34. The molecule has 0 atom stereocenters. The molecule has 0 spiro atoms. The number of hydrogen-bond donors (Lipinski definition) is 1. The summed E-state index contributed by atoms with van der Waals surface area (Å²) in [5.41, 5.74) is 5.50. The van der Waals surface area contributed by atoms with Gasteiger partial charge in [-0.2, -0.15) is 0 Å². The van der Waals surface area contributed by atoms with E-state index >= 15 is 0 Å². The minimum Gasteiger partial charge on any atom is -0.368 e. The van der Waals surface area contributed by atoms with Crippen LogP contribution in [0.2, 0.25) is 0 Å². The van der Waals surface area contributed by atoms with Gasteiger partial charge in [0, 0.05) is 24.5 Å². The third-order valence-corrected chi connectivity index (χ3v) is 3.34. The lowest BCUT2D eigenvalue weighted by Gasteiger charge is -2.13. The Labute approximate surface area is 114 Å². The molecule has 0 aliphatic rings. The highest BCUT2D eigenvalue weighted by Crippen LogP contribution is 2.27. The lowest BCUT2D eigenvalue weighted by molar-refractivity contribution is 0.932. The molecule has 0 bridgehead atoms. The number of hydrogen-bond acceptors (Lipinski definition) is 4. The van der Waals surface area contributed by atoms with Crippen molar-refractivity contribution < 1.29 is 0 Å². The first-order valence-electron chi connectivity index (χ1n) is 6.63. The maximum absolute atomic E-state index is 4.38.